The smallest absolute Gasteiger partial charge is 0.248 e. The van der Waals surface area contributed by atoms with Gasteiger partial charge in [-0.2, -0.15) is 4.31 Å². The van der Waals surface area contributed by atoms with Crippen LogP contribution in [0, 0.1) is 19.8 Å². The Labute approximate surface area is 114 Å². The molecular formula is C12H21N3O3S. The molecular weight excluding hydrogens is 266 g/mol. The summed E-state index contributed by atoms with van der Waals surface area (Å²) in [5, 5.41) is 3.74. The lowest BCUT2D eigenvalue weighted by Gasteiger charge is -2.38. The van der Waals surface area contributed by atoms with Gasteiger partial charge in [-0.05, 0) is 32.6 Å². The third-order valence-electron chi connectivity index (χ3n) is 3.84. The molecule has 1 aromatic rings. The van der Waals surface area contributed by atoms with Gasteiger partial charge >= 0.3 is 0 Å². The van der Waals surface area contributed by atoms with Gasteiger partial charge in [-0.25, -0.2) is 8.42 Å². The number of hydrogen-bond donors (Lipinski definition) is 1. The van der Waals surface area contributed by atoms with Gasteiger partial charge in [0.25, 0.3) is 0 Å². The average Bonchev–Trinajstić information content (AvgIpc) is 2.69. The van der Waals surface area contributed by atoms with Gasteiger partial charge in [-0.1, -0.05) is 12.1 Å². The fourth-order valence-electron chi connectivity index (χ4n) is 2.82. The van der Waals surface area contributed by atoms with E-state index in [9.17, 15) is 8.42 Å². The Balaban J connectivity index is 2.44. The van der Waals surface area contributed by atoms with E-state index in [4.69, 9.17) is 10.3 Å². The summed E-state index contributed by atoms with van der Waals surface area (Å²) < 4.78 is 32.1. The molecule has 6 nitrogen and oxygen atoms in total. The molecule has 0 aromatic carbocycles. The molecule has 0 radical (unpaired) electrons. The summed E-state index contributed by atoms with van der Waals surface area (Å²) in [5.74, 6) is 0.612. The molecule has 2 atom stereocenters. The van der Waals surface area contributed by atoms with E-state index in [0.29, 0.717) is 24.5 Å². The van der Waals surface area contributed by atoms with Gasteiger partial charge < -0.3 is 10.3 Å². The first kappa shape index (κ1) is 14.5. The highest BCUT2D eigenvalue weighted by Crippen LogP contribution is 2.31. The van der Waals surface area contributed by atoms with E-state index in [2.05, 4.69) is 5.16 Å². The van der Waals surface area contributed by atoms with Crippen LogP contribution >= 0.6 is 0 Å². The summed E-state index contributed by atoms with van der Waals surface area (Å²) in [5.41, 5.74) is 6.17. The fraction of sp³-hybridized carbons (Fsp3) is 0.750. The normalized spacial score (nSPS) is 25.7. The van der Waals surface area contributed by atoms with Crippen molar-refractivity contribution in [2.24, 2.45) is 11.7 Å². The molecule has 2 N–H and O–H groups in total. The zero-order chi connectivity index (χ0) is 14.2. The van der Waals surface area contributed by atoms with E-state index < -0.39 is 10.0 Å². The van der Waals surface area contributed by atoms with Crippen LogP contribution in [-0.4, -0.2) is 37.0 Å². The van der Waals surface area contributed by atoms with Gasteiger partial charge in [-0.15, -0.1) is 0 Å². The second kappa shape index (κ2) is 5.22. The van der Waals surface area contributed by atoms with Crippen LogP contribution in [-0.2, 0) is 10.0 Å². The molecule has 108 valence electrons. The van der Waals surface area contributed by atoms with Crippen LogP contribution in [0.5, 0.6) is 0 Å². The minimum atomic E-state index is -3.58. The van der Waals surface area contributed by atoms with E-state index in [1.54, 1.807) is 13.8 Å². The molecule has 1 fully saturated rings. The minimum absolute atomic E-state index is 0.146. The Morgan fingerprint density at radius 1 is 1.47 bits per heavy atom. The Morgan fingerprint density at radius 3 is 2.68 bits per heavy atom. The SMILES string of the molecule is Cc1noc(C)c1S(=O)(=O)N1CCCC(C)C1CN. The van der Waals surface area contributed by atoms with Crippen molar-refractivity contribution in [2.75, 3.05) is 13.1 Å². The fourth-order valence-corrected chi connectivity index (χ4v) is 4.89. The third kappa shape index (κ3) is 2.42. The minimum Gasteiger partial charge on any atom is -0.360 e. The van der Waals surface area contributed by atoms with Crippen LogP contribution in [0.3, 0.4) is 0 Å². The lowest BCUT2D eigenvalue weighted by atomic mass is 9.93. The second-order valence-corrected chi connectivity index (χ2v) is 7.02. The topological polar surface area (TPSA) is 89.4 Å². The molecule has 2 unspecified atom stereocenters. The largest absolute Gasteiger partial charge is 0.360 e. The second-order valence-electron chi connectivity index (χ2n) is 5.19. The molecule has 0 spiro atoms. The maximum atomic E-state index is 12.8. The summed E-state index contributed by atoms with van der Waals surface area (Å²) in [4.78, 5) is 0.194. The third-order valence-corrected chi connectivity index (χ3v) is 6.01. The molecule has 0 bridgehead atoms. The first-order chi connectivity index (χ1) is 8.89. The van der Waals surface area contributed by atoms with Crippen LogP contribution in [0.1, 0.15) is 31.2 Å². The predicted molar refractivity (Wildman–Crippen MR) is 71.1 cm³/mol. The lowest BCUT2D eigenvalue weighted by molar-refractivity contribution is 0.192. The van der Waals surface area contributed by atoms with Crippen molar-refractivity contribution >= 4 is 10.0 Å². The molecule has 1 saturated heterocycles. The van der Waals surface area contributed by atoms with Crippen molar-refractivity contribution in [3.8, 4) is 0 Å². The van der Waals surface area contributed by atoms with Crippen molar-refractivity contribution in [3.05, 3.63) is 11.5 Å². The van der Waals surface area contributed by atoms with Gasteiger partial charge in [0.15, 0.2) is 5.76 Å². The maximum absolute atomic E-state index is 12.8. The number of sulfonamides is 1. The molecule has 19 heavy (non-hydrogen) atoms. The zero-order valence-corrected chi connectivity index (χ0v) is 12.4. The van der Waals surface area contributed by atoms with Crippen molar-refractivity contribution in [1.29, 1.82) is 0 Å². The summed E-state index contributed by atoms with van der Waals surface area (Å²) in [6.07, 6.45) is 1.87. The van der Waals surface area contributed by atoms with Crippen LogP contribution in [0.25, 0.3) is 0 Å². The van der Waals surface area contributed by atoms with Crippen molar-refractivity contribution in [3.63, 3.8) is 0 Å². The highest BCUT2D eigenvalue weighted by atomic mass is 32.2. The zero-order valence-electron chi connectivity index (χ0n) is 11.6. The summed E-state index contributed by atoms with van der Waals surface area (Å²) in [6, 6.07) is -0.146. The monoisotopic (exact) mass is 287 g/mol. The van der Waals surface area contributed by atoms with E-state index in [1.165, 1.54) is 4.31 Å². The number of aromatic nitrogens is 1. The van der Waals surface area contributed by atoms with Gasteiger partial charge in [0.05, 0.1) is 0 Å². The van der Waals surface area contributed by atoms with E-state index in [0.717, 1.165) is 12.8 Å². The molecule has 1 aliphatic rings. The molecule has 0 aliphatic carbocycles. The highest BCUT2D eigenvalue weighted by molar-refractivity contribution is 7.89. The first-order valence-electron chi connectivity index (χ1n) is 6.54. The van der Waals surface area contributed by atoms with Gasteiger partial charge in [-0.3, -0.25) is 0 Å². The van der Waals surface area contributed by atoms with Crippen LogP contribution in [0.2, 0.25) is 0 Å². The molecule has 7 heteroatoms. The predicted octanol–water partition coefficient (Wildman–Crippen LogP) is 1.04. The number of aryl methyl sites for hydroxylation is 2. The average molecular weight is 287 g/mol. The van der Waals surface area contributed by atoms with E-state index in [-0.39, 0.29) is 16.9 Å². The van der Waals surface area contributed by atoms with E-state index in [1.807, 2.05) is 6.92 Å². The quantitative estimate of drug-likeness (QED) is 0.897. The number of rotatable bonds is 3. The van der Waals surface area contributed by atoms with Gasteiger partial charge in [0.2, 0.25) is 10.0 Å². The maximum Gasteiger partial charge on any atom is 0.248 e. The summed E-state index contributed by atoms with van der Waals surface area (Å²) >= 11 is 0. The van der Waals surface area contributed by atoms with Crippen molar-refractivity contribution in [2.45, 2.75) is 44.6 Å². The number of hydrogen-bond acceptors (Lipinski definition) is 5. The van der Waals surface area contributed by atoms with E-state index >= 15 is 0 Å². The van der Waals surface area contributed by atoms with Crippen LogP contribution in [0.4, 0.5) is 0 Å². The Bertz CT molecular complexity index is 533. The van der Waals surface area contributed by atoms with Crippen molar-refractivity contribution in [1.82, 2.24) is 9.46 Å². The molecule has 0 saturated carbocycles. The van der Waals surface area contributed by atoms with Crippen LogP contribution < -0.4 is 5.73 Å². The molecule has 1 aliphatic heterocycles. The molecule has 0 amide bonds. The van der Waals surface area contributed by atoms with Crippen LogP contribution in [0.15, 0.2) is 9.42 Å². The molecule has 1 aromatic heterocycles. The Hall–Kier alpha value is -0.920. The lowest BCUT2D eigenvalue weighted by Crippen LogP contribution is -2.51. The molecule has 2 rings (SSSR count). The van der Waals surface area contributed by atoms with Crippen molar-refractivity contribution < 1.29 is 12.9 Å². The molecule has 2 heterocycles. The number of nitrogens with two attached hydrogens (primary N) is 1. The first-order valence-corrected chi connectivity index (χ1v) is 7.98. The number of nitrogens with zero attached hydrogens (tertiary/aromatic N) is 2. The number of piperidine rings is 1. The Kier molecular flexibility index (Phi) is 3.98. The summed E-state index contributed by atoms with van der Waals surface area (Å²) in [7, 11) is -3.58. The highest BCUT2D eigenvalue weighted by Gasteiger charge is 2.39. The summed E-state index contributed by atoms with van der Waals surface area (Å²) in [6.45, 7) is 6.17. The van der Waals surface area contributed by atoms with Gasteiger partial charge in [0.1, 0.15) is 10.6 Å². The standard InChI is InChI=1S/C12H21N3O3S/c1-8-5-4-6-15(11(8)7-13)19(16,17)12-9(2)14-18-10(12)3/h8,11H,4-7,13H2,1-3H3. The Morgan fingerprint density at radius 2 is 2.16 bits per heavy atom. The van der Waals surface area contributed by atoms with Gasteiger partial charge in [0, 0.05) is 19.1 Å².